The maximum absolute atomic E-state index is 6.03. The molecule has 2 rings (SSSR count). The van der Waals surface area contributed by atoms with Crippen LogP contribution in [0.15, 0.2) is 24.3 Å². The number of nitrogens with two attached hydrogens (primary N) is 1. The van der Waals surface area contributed by atoms with Gasteiger partial charge in [0.1, 0.15) is 5.75 Å². The zero-order valence-electron chi connectivity index (χ0n) is 12.1. The monoisotopic (exact) mass is 262 g/mol. The highest BCUT2D eigenvalue weighted by molar-refractivity contribution is 5.29. The predicted molar refractivity (Wildman–Crippen MR) is 79.4 cm³/mol. The highest BCUT2D eigenvalue weighted by Crippen LogP contribution is 2.34. The van der Waals surface area contributed by atoms with Gasteiger partial charge in [0.05, 0.1) is 6.61 Å². The average molecular weight is 262 g/mol. The summed E-state index contributed by atoms with van der Waals surface area (Å²) in [5, 5.41) is 0. The second-order valence-electron chi connectivity index (χ2n) is 5.22. The fourth-order valence-electron chi connectivity index (χ4n) is 2.67. The van der Waals surface area contributed by atoms with Crippen molar-refractivity contribution in [1.82, 2.24) is 4.90 Å². The lowest BCUT2D eigenvalue weighted by molar-refractivity contribution is 0.191. The lowest BCUT2D eigenvalue weighted by Gasteiger charge is -2.31. The molecule has 0 aromatic heterocycles. The molecule has 3 nitrogen and oxygen atoms in total. The minimum absolute atomic E-state index is 0.350. The number of hydrogen-bond donors (Lipinski definition) is 1. The standard InChI is InChI=1S/C16H26N2O/c1-3-11-18(14-7-8-14)16(12-17)13-5-9-15(10-6-13)19-4-2/h5-6,9-10,14,16H,3-4,7-8,11-12,17H2,1-2H3. The topological polar surface area (TPSA) is 38.5 Å². The number of ether oxygens (including phenoxy) is 1. The number of nitrogens with zero attached hydrogens (tertiary/aromatic N) is 1. The molecule has 0 radical (unpaired) electrons. The molecule has 1 saturated carbocycles. The van der Waals surface area contributed by atoms with E-state index in [1.165, 1.54) is 24.8 Å². The average Bonchev–Trinajstić information content (AvgIpc) is 3.25. The van der Waals surface area contributed by atoms with Crippen LogP contribution in [0.1, 0.15) is 44.7 Å². The molecule has 1 atom stereocenters. The fourth-order valence-corrected chi connectivity index (χ4v) is 2.67. The zero-order valence-corrected chi connectivity index (χ0v) is 12.1. The molecule has 106 valence electrons. The van der Waals surface area contributed by atoms with Gasteiger partial charge in [-0.2, -0.15) is 0 Å². The van der Waals surface area contributed by atoms with E-state index in [0.29, 0.717) is 19.2 Å². The first kappa shape index (κ1) is 14.4. The molecule has 1 fully saturated rings. The van der Waals surface area contributed by atoms with Crippen LogP contribution in [0.2, 0.25) is 0 Å². The molecule has 3 heteroatoms. The van der Waals surface area contributed by atoms with Gasteiger partial charge in [0.25, 0.3) is 0 Å². The number of benzene rings is 1. The Kier molecular flexibility index (Phi) is 5.23. The Morgan fingerprint density at radius 3 is 2.42 bits per heavy atom. The Bertz CT molecular complexity index is 373. The Hall–Kier alpha value is -1.06. The molecule has 0 spiro atoms. The minimum atomic E-state index is 0.350. The van der Waals surface area contributed by atoms with Crippen molar-refractivity contribution in [3.8, 4) is 5.75 Å². The zero-order chi connectivity index (χ0) is 13.7. The normalized spacial score (nSPS) is 16.6. The third kappa shape index (κ3) is 3.71. The first-order valence-corrected chi connectivity index (χ1v) is 7.48. The van der Waals surface area contributed by atoms with Crippen LogP contribution in [0.3, 0.4) is 0 Å². The second kappa shape index (κ2) is 6.92. The Morgan fingerprint density at radius 1 is 1.26 bits per heavy atom. The van der Waals surface area contributed by atoms with Crippen molar-refractivity contribution in [2.24, 2.45) is 5.73 Å². The molecule has 1 aliphatic carbocycles. The molecule has 0 aliphatic heterocycles. The molecule has 1 aromatic rings. The van der Waals surface area contributed by atoms with Crippen molar-refractivity contribution in [3.63, 3.8) is 0 Å². The van der Waals surface area contributed by atoms with Crippen molar-refractivity contribution in [3.05, 3.63) is 29.8 Å². The van der Waals surface area contributed by atoms with E-state index in [1.54, 1.807) is 0 Å². The van der Waals surface area contributed by atoms with Gasteiger partial charge >= 0.3 is 0 Å². The summed E-state index contributed by atoms with van der Waals surface area (Å²) >= 11 is 0. The van der Waals surface area contributed by atoms with Gasteiger partial charge < -0.3 is 10.5 Å². The van der Waals surface area contributed by atoms with Gasteiger partial charge in [0, 0.05) is 18.6 Å². The van der Waals surface area contributed by atoms with Crippen molar-refractivity contribution in [2.45, 2.75) is 45.2 Å². The third-order valence-corrected chi connectivity index (χ3v) is 3.70. The summed E-state index contributed by atoms with van der Waals surface area (Å²) in [6.07, 6.45) is 3.84. The van der Waals surface area contributed by atoms with E-state index < -0.39 is 0 Å². The number of hydrogen-bond acceptors (Lipinski definition) is 3. The lowest BCUT2D eigenvalue weighted by Crippen LogP contribution is -2.36. The molecule has 2 N–H and O–H groups in total. The van der Waals surface area contributed by atoms with Crippen molar-refractivity contribution in [1.29, 1.82) is 0 Å². The SMILES string of the molecule is CCCN(C1CC1)C(CN)c1ccc(OCC)cc1. The van der Waals surface area contributed by atoms with Gasteiger partial charge in [-0.3, -0.25) is 4.90 Å². The Labute approximate surface area is 116 Å². The van der Waals surface area contributed by atoms with Crippen LogP contribution in [0.4, 0.5) is 0 Å². The predicted octanol–water partition coefficient (Wildman–Crippen LogP) is 2.96. The van der Waals surface area contributed by atoms with E-state index in [0.717, 1.165) is 18.3 Å². The fraction of sp³-hybridized carbons (Fsp3) is 0.625. The van der Waals surface area contributed by atoms with Crippen LogP contribution >= 0.6 is 0 Å². The highest BCUT2D eigenvalue weighted by atomic mass is 16.5. The molecular weight excluding hydrogens is 236 g/mol. The van der Waals surface area contributed by atoms with E-state index in [4.69, 9.17) is 10.5 Å². The Morgan fingerprint density at radius 2 is 1.95 bits per heavy atom. The van der Waals surface area contributed by atoms with Gasteiger partial charge in [-0.05, 0) is 50.4 Å². The third-order valence-electron chi connectivity index (χ3n) is 3.70. The van der Waals surface area contributed by atoms with E-state index in [1.807, 2.05) is 6.92 Å². The van der Waals surface area contributed by atoms with E-state index in [2.05, 4.69) is 36.1 Å². The lowest BCUT2D eigenvalue weighted by atomic mass is 10.0. The molecule has 1 unspecified atom stereocenters. The largest absolute Gasteiger partial charge is 0.494 e. The highest BCUT2D eigenvalue weighted by Gasteiger charge is 2.33. The summed E-state index contributed by atoms with van der Waals surface area (Å²) in [6, 6.07) is 9.53. The molecule has 1 aliphatic rings. The van der Waals surface area contributed by atoms with Gasteiger partial charge in [-0.15, -0.1) is 0 Å². The van der Waals surface area contributed by atoms with Gasteiger partial charge in [0.15, 0.2) is 0 Å². The summed E-state index contributed by atoms with van der Waals surface area (Å²) in [4.78, 5) is 2.58. The number of rotatable bonds is 8. The van der Waals surface area contributed by atoms with Crippen LogP contribution < -0.4 is 10.5 Å². The van der Waals surface area contributed by atoms with E-state index in [-0.39, 0.29) is 0 Å². The van der Waals surface area contributed by atoms with Crippen LogP contribution in [-0.4, -0.2) is 30.6 Å². The van der Waals surface area contributed by atoms with Gasteiger partial charge in [-0.25, -0.2) is 0 Å². The molecule has 0 bridgehead atoms. The molecular formula is C16H26N2O. The van der Waals surface area contributed by atoms with Crippen LogP contribution in [-0.2, 0) is 0 Å². The first-order chi connectivity index (χ1) is 9.30. The smallest absolute Gasteiger partial charge is 0.119 e. The molecule has 0 amide bonds. The molecule has 0 heterocycles. The van der Waals surface area contributed by atoms with Crippen molar-refractivity contribution >= 4 is 0 Å². The maximum Gasteiger partial charge on any atom is 0.119 e. The quantitative estimate of drug-likeness (QED) is 0.783. The van der Waals surface area contributed by atoms with E-state index in [9.17, 15) is 0 Å². The minimum Gasteiger partial charge on any atom is -0.494 e. The van der Waals surface area contributed by atoms with Crippen LogP contribution in [0.25, 0.3) is 0 Å². The first-order valence-electron chi connectivity index (χ1n) is 7.48. The summed E-state index contributed by atoms with van der Waals surface area (Å²) in [7, 11) is 0. The molecule has 1 aromatic carbocycles. The van der Waals surface area contributed by atoms with Crippen molar-refractivity contribution in [2.75, 3.05) is 19.7 Å². The Balaban J connectivity index is 2.10. The van der Waals surface area contributed by atoms with Crippen LogP contribution in [0.5, 0.6) is 5.75 Å². The van der Waals surface area contributed by atoms with Gasteiger partial charge in [-0.1, -0.05) is 19.1 Å². The summed E-state index contributed by atoms with van der Waals surface area (Å²) < 4.78 is 5.50. The maximum atomic E-state index is 6.03. The molecule has 19 heavy (non-hydrogen) atoms. The second-order valence-corrected chi connectivity index (χ2v) is 5.22. The molecule has 0 saturated heterocycles. The summed E-state index contributed by atoms with van der Waals surface area (Å²) in [6.45, 7) is 6.78. The van der Waals surface area contributed by atoms with Gasteiger partial charge in [0.2, 0.25) is 0 Å². The summed E-state index contributed by atoms with van der Waals surface area (Å²) in [5.41, 5.74) is 7.34. The van der Waals surface area contributed by atoms with E-state index >= 15 is 0 Å². The summed E-state index contributed by atoms with van der Waals surface area (Å²) in [5.74, 6) is 0.940. The van der Waals surface area contributed by atoms with Crippen LogP contribution in [0, 0.1) is 0 Å². The van der Waals surface area contributed by atoms with Crippen molar-refractivity contribution < 1.29 is 4.74 Å².